The summed E-state index contributed by atoms with van der Waals surface area (Å²) in [6.07, 6.45) is 0.808. The number of rotatable bonds is 3. The van der Waals surface area contributed by atoms with Gasteiger partial charge >= 0.3 is 0 Å². The van der Waals surface area contributed by atoms with Crippen molar-refractivity contribution in [1.29, 1.82) is 0 Å². The van der Waals surface area contributed by atoms with Gasteiger partial charge in [-0.3, -0.25) is 0 Å². The fourth-order valence-electron chi connectivity index (χ4n) is 1.31. The van der Waals surface area contributed by atoms with Crippen LogP contribution in [0.1, 0.15) is 17.3 Å². The van der Waals surface area contributed by atoms with E-state index in [4.69, 9.17) is 5.73 Å². The fourth-order valence-corrected chi connectivity index (χ4v) is 2.19. The molecule has 0 saturated heterocycles. The van der Waals surface area contributed by atoms with Gasteiger partial charge in [-0.15, -0.1) is 5.10 Å². The van der Waals surface area contributed by atoms with E-state index >= 15 is 0 Å². The molecule has 0 bridgehead atoms. The van der Waals surface area contributed by atoms with Gasteiger partial charge in [0, 0.05) is 8.95 Å². The van der Waals surface area contributed by atoms with E-state index in [1.807, 2.05) is 5.38 Å². The van der Waals surface area contributed by atoms with Gasteiger partial charge in [-0.05, 0) is 58.2 Å². The Labute approximate surface area is 106 Å². The Balaban J connectivity index is 2.06. The molecule has 0 aliphatic heterocycles. The largest absolute Gasteiger partial charge is 0.322 e. The third kappa shape index (κ3) is 2.96. The maximum absolute atomic E-state index is 6.01. The summed E-state index contributed by atoms with van der Waals surface area (Å²) in [5, 5.41) is 5.87. The average Bonchev–Trinajstić information content (AvgIpc) is 2.74. The van der Waals surface area contributed by atoms with Crippen molar-refractivity contribution in [2.24, 2.45) is 5.73 Å². The first-order valence-electron chi connectivity index (χ1n) is 4.52. The van der Waals surface area contributed by atoms with E-state index in [9.17, 15) is 0 Å². The number of hydrogen-bond donors (Lipinski definition) is 1. The Kier molecular flexibility index (Phi) is 3.66. The molecular weight excluding hydrogens is 321 g/mol. The van der Waals surface area contributed by atoms with Gasteiger partial charge in [0.1, 0.15) is 0 Å². The van der Waals surface area contributed by atoms with E-state index in [0.717, 1.165) is 12.1 Å². The van der Waals surface area contributed by atoms with Crippen LogP contribution >= 0.6 is 34.1 Å². The maximum atomic E-state index is 6.01. The van der Waals surface area contributed by atoms with Gasteiger partial charge < -0.3 is 5.73 Å². The SMILES string of the molecule is NC(Cc1ccc(I)cc1)c1csnn1. The van der Waals surface area contributed by atoms with Crippen molar-refractivity contribution in [2.45, 2.75) is 12.5 Å². The first kappa shape index (κ1) is 11.0. The van der Waals surface area contributed by atoms with Crippen molar-refractivity contribution in [2.75, 3.05) is 0 Å². The number of nitrogens with zero attached hydrogens (tertiary/aromatic N) is 2. The molecule has 0 saturated carbocycles. The zero-order valence-corrected chi connectivity index (χ0v) is 10.9. The summed E-state index contributed by atoms with van der Waals surface area (Å²) in [7, 11) is 0. The molecule has 3 nitrogen and oxygen atoms in total. The van der Waals surface area contributed by atoms with E-state index in [1.165, 1.54) is 20.7 Å². The summed E-state index contributed by atoms with van der Waals surface area (Å²) in [4.78, 5) is 0. The van der Waals surface area contributed by atoms with E-state index < -0.39 is 0 Å². The minimum atomic E-state index is -0.0520. The van der Waals surface area contributed by atoms with Crippen molar-refractivity contribution in [3.05, 3.63) is 44.5 Å². The molecular formula is C10H10IN3S. The molecule has 1 atom stereocenters. The van der Waals surface area contributed by atoms with E-state index in [-0.39, 0.29) is 6.04 Å². The molecule has 0 amide bonds. The zero-order chi connectivity index (χ0) is 10.7. The standard InChI is InChI=1S/C10H10IN3S/c11-8-3-1-7(2-4-8)5-9(12)10-6-15-14-13-10/h1-4,6,9H,5,12H2. The predicted molar refractivity (Wildman–Crippen MR) is 69.7 cm³/mol. The molecule has 15 heavy (non-hydrogen) atoms. The lowest BCUT2D eigenvalue weighted by molar-refractivity contribution is 0.692. The van der Waals surface area contributed by atoms with E-state index in [1.54, 1.807) is 0 Å². The zero-order valence-electron chi connectivity index (χ0n) is 7.93. The Morgan fingerprint density at radius 3 is 2.67 bits per heavy atom. The van der Waals surface area contributed by atoms with Crippen molar-refractivity contribution in [3.63, 3.8) is 0 Å². The normalized spacial score (nSPS) is 12.7. The molecule has 1 aromatic heterocycles. The van der Waals surface area contributed by atoms with Gasteiger partial charge in [-0.1, -0.05) is 16.6 Å². The third-order valence-corrected chi connectivity index (χ3v) is 3.37. The lowest BCUT2D eigenvalue weighted by atomic mass is 10.1. The molecule has 1 heterocycles. The minimum Gasteiger partial charge on any atom is -0.322 e. The molecule has 2 aromatic rings. The first-order valence-corrected chi connectivity index (χ1v) is 6.44. The summed E-state index contributed by atoms with van der Waals surface area (Å²) in [5.41, 5.74) is 8.12. The highest BCUT2D eigenvalue weighted by Crippen LogP contribution is 2.15. The van der Waals surface area contributed by atoms with Crippen LogP contribution in [0.15, 0.2) is 29.6 Å². The molecule has 78 valence electrons. The van der Waals surface area contributed by atoms with E-state index in [2.05, 4.69) is 56.4 Å². The minimum absolute atomic E-state index is 0.0520. The second kappa shape index (κ2) is 5.00. The van der Waals surface area contributed by atoms with Gasteiger partial charge in [0.2, 0.25) is 0 Å². The van der Waals surface area contributed by atoms with Crippen molar-refractivity contribution in [3.8, 4) is 0 Å². The summed E-state index contributed by atoms with van der Waals surface area (Å²) in [6.45, 7) is 0. The van der Waals surface area contributed by atoms with Crippen LogP contribution in [0.5, 0.6) is 0 Å². The Hall–Kier alpha value is -0.530. The van der Waals surface area contributed by atoms with Gasteiger partial charge in [-0.2, -0.15) is 0 Å². The molecule has 0 aliphatic carbocycles. The van der Waals surface area contributed by atoms with E-state index in [0.29, 0.717) is 0 Å². The number of halogens is 1. The maximum Gasteiger partial charge on any atom is 0.0925 e. The van der Waals surface area contributed by atoms with Gasteiger partial charge in [0.05, 0.1) is 11.7 Å². The highest BCUT2D eigenvalue weighted by molar-refractivity contribution is 14.1. The molecule has 5 heteroatoms. The smallest absolute Gasteiger partial charge is 0.0925 e. The highest BCUT2D eigenvalue weighted by Gasteiger charge is 2.09. The second-order valence-electron chi connectivity index (χ2n) is 3.27. The number of nitrogens with two attached hydrogens (primary N) is 1. The summed E-state index contributed by atoms with van der Waals surface area (Å²) in [5.74, 6) is 0. The molecule has 1 aromatic carbocycles. The van der Waals surface area contributed by atoms with Crippen LogP contribution in [0.3, 0.4) is 0 Å². The van der Waals surface area contributed by atoms with Crippen LogP contribution in [0, 0.1) is 3.57 Å². The monoisotopic (exact) mass is 331 g/mol. The van der Waals surface area contributed by atoms with Crippen LogP contribution in [0.4, 0.5) is 0 Å². The Bertz CT molecular complexity index is 413. The molecule has 1 unspecified atom stereocenters. The summed E-state index contributed by atoms with van der Waals surface area (Å²) >= 11 is 3.63. The second-order valence-corrected chi connectivity index (χ2v) is 5.12. The third-order valence-electron chi connectivity index (χ3n) is 2.13. The molecule has 0 fully saturated rings. The topological polar surface area (TPSA) is 51.8 Å². The van der Waals surface area contributed by atoms with Crippen molar-refractivity contribution >= 4 is 34.1 Å². The Morgan fingerprint density at radius 2 is 2.07 bits per heavy atom. The van der Waals surface area contributed by atoms with Crippen LogP contribution in [0.2, 0.25) is 0 Å². The Morgan fingerprint density at radius 1 is 1.33 bits per heavy atom. The van der Waals surface area contributed by atoms with Crippen LogP contribution in [-0.4, -0.2) is 9.59 Å². The van der Waals surface area contributed by atoms with Crippen molar-refractivity contribution in [1.82, 2.24) is 9.59 Å². The van der Waals surface area contributed by atoms with Gasteiger partial charge in [0.25, 0.3) is 0 Å². The van der Waals surface area contributed by atoms with Crippen molar-refractivity contribution < 1.29 is 0 Å². The summed E-state index contributed by atoms with van der Waals surface area (Å²) < 4.78 is 5.05. The summed E-state index contributed by atoms with van der Waals surface area (Å²) in [6, 6.07) is 8.32. The van der Waals surface area contributed by atoms with Crippen LogP contribution in [-0.2, 0) is 6.42 Å². The molecule has 0 aliphatic rings. The lowest BCUT2D eigenvalue weighted by Gasteiger charge is -2.07. The number of benzene rings is 1. The number of hydrogen-bond acceptors (Lipinski definition) is 4. The fraction of sp³-hybridized carbons (Fsp3) is 0.200. The molecule has 0 spiro atoms. The molecule has 0 radical (unpaired) electrons. The average molecular weight is 331 g/mol. The van der Waals surface area contributed by atoms with Crippen LogP contribution in [0.25, 0.3) is 0 Å². The number of aromatic nitrogens is 2. The molecule has 2 N–H and O–H groups in total. The quantitative estimate of drug-likeness (QED) is 0.879. The van der Waals surface area contributed by atoms with Gasteiger partial charge in [0.15, 0.2) is 0 Å². The highest BCUT2D eigenvalue weighted by atomic mass is 127. The first-order chi connectivity index (χ1) is 7.25. The van der Waals surface area contributed by atoms with Crippen LogP contribution < -0.4 is 5.73 Å². The predicted octanol–water partition coefficient (Wildman–Crippen LogP) is 2.39. The molecule has 2 rings (SSSR count). The van der Waals surface area contributed by atoms with Gasteiger partial charge in [-0.25, -0.2) is 0 Å². The lowest BCUT2D eigenvalue weighted by Crippen LogP contribution is -2.13.